The largest absolute Gasteiger partial charge is 0.345 e. The van der Waals surface area contributed by atoms with E-state index in [0.29, 0.717) is 55.6 Å². The van der Waals surface area contributed by atoms with Gasteiger partial charge in [-0.05, 0) is 55.3 Å². The quantitative estimate of drug-likeness (QED) is 0.493. The highest BCUT2D eigenvalue weighted by molar-refractivity contribution is 7.89. The number of halogens is 2. The Labute approximate surface area is 212 Å². The number of nitrogens with zero attached hydrogens (tertiary/aromatic N) is 4. The van der Waals surface area contributed by atoms with Gasteiger partial charge < -0.3 is 9.80 Å². The number of aromatic nitrogens is 1. The maximum atomic E-state index is 13.3. The van der Waals surface area contributed by atoms with Gasteiger partial charge in [0.15, 0.2) is 5.13 Å². The summed E-state index contributed by atoms with van der Waals surface area (Å²) in [6, 6.07) is 11.8. The molecule has 1 amide bonds. The number of benzene rings is 2. The van der Waals surface area contributed by atoms with Crippen LogP contribution in [0.3, 0.4) is 0 Å². The molecule has 1 unspecified atom stereocenters. The van der Waals surface area contributed by atoms with Crippen molar-refractivity contribution in [2.45, 2.75) is 17.7 Å². The van der Waals surface area contributed by atoms with Crippen molar-refractivity contribution in [1.29, 1.82) is 0 Å². The van der Waals surface area contributed by atoms with Crippen LogP contribution in [0.5, 0.6) is 0 Å². The Bertz CT molecular complexity index is 1310. The Morgan fingerprint density at radius 2 is 1.68 bits per heavy atom. The lowest BCUT2D eigenvalue weighted by atomic mass is 9.98. The number of rotatable bonds is 4. The Kier molecular flexibility index (Phi) is 6.74. The number of thiazole rings is 1. The predicted molar refractivity (Wildman–Crippen MR) is 136 cm³/mol. The first-order chi connectivity index (χ1) is 16.3. The lowest BCUT2D eigenvalue weighted by Crippen LogP contribution is -2.53. The summed E-state index contributed by atoms with van der Waals surface area (Å²) in [4.78, 5) is 22.2. The van der Waals surface area contributed by atoms with Crippen LogP contribution >= 0.6 is 34.5 Å². The molecule has 0 saturated carbocycles. The molecule has 7 nitrogen and oxygen atoms in total. The van der Waals surface area contributed by atoms with E-state index < -0.39 is 10.0 Å². The lowest BCUT2D eigenvalue weighted by Gasteiger charge is -2.38. The van der Waals surface area contributed by atoms with Gasteiger partial charge in [-0.1, -0.05) is 34.5 Å². The SMILES string of the molecule is O=C(C1CCCN(S(=O)(=O)c2ccc(Cl)cc2)C1)N1CCN(c2nc3ccc(Cl)cc3s2)CC1. The van der Waals surface area contributed by atoms with Crippen molar-refractivity contribution in [2.75, 3.05) is 44.2 Å². The van der Waals surface area contributed by atoms with Crippen molar-refractivity contribution in [1.82, 2.24) is 14.2 Å². The summed E-state index contributed by atoms with van der Waals surface area (Å²) in [6.07, 6.45) is 1.36. The Balaban J connectivity index is 1.22. The van der Waals surface area contributed by atoms with Gasteiger partial charge in [0.05, 0.1) is 21.0 Å². The molecular formula is C23H24Cl2N4O3S2. The Morgan fingerprint density at radius 1 is 0.971 bits per heavy atom. The second kappa shape index (κ2) is 9.62. The zero-order valence-corrected chi connectivity index (χ0v) is 21.5. The fourth-order valence-electron chi connectivity index (χ4n) is 4.52. The van der Waals surface area contributed by atoms with Crippen LogP contribution in [0, 0.1) is 5.92 Å². The molecule has 3 aromatic rings. The third kappa shape index (κ3) is 4.77. The zero-order valence-electron chi connectivity index (χ0n) is 18.4. The first-order valence-corrected chi connectivity index (χ1v) is 14.2. The number of piperidine rings is 1. The first kappa shape index (κ1) is 23.8. The molecule has 5 rings (SSSR count). The minimum Gasteiger partial charge on any atom is -0.345 e. The number of fused-ring (bicyclic) bond motifs is 1. The molecule has 2 saturated heterocycles. The van der Waals surface area contributed by atoms with Crippen molar-refractivity contribution in [3.8, 4) is 0 Å². The van der Waals surface area contributed by atoms with E-state index in [1.165, 1.54) is 16.4 Å². The van der Waals surface area contributed by atoms with Crippen LogP contribution in [0.25, 0.3) is 10.2 Å². The van der Waals surface area contributed by atoms with E-state index in [9.17, 15) is 13.2 Å². The predicted octanol–water partition coefficient (Wildman–Crippen LogP) is 4.35. The molecule has 0 spiro atoms. The van der Waals surface area contributed by atoms with Crippen molar-refractivity contribution in [2.24, 2.45) is 5.92 Å². The van der Waals surface area contributed by atoms with Gasteiger partial charge in [0.25, 0.3) is 0 Å². The molecular weight excluding hydrogens is 515 g/mol. The number of carbonyl (C=O) groups is 1. The third-order valence-corrected chi connectivity index (χ3v) is 9.83. The average Bonchev–Trinajstić information content (AvgIpc) is 3.27. The van der Waals surface area contributed by atoms with E-state index in [1.54, 1.807) is 23.5 Å². The number of hydrogen-bond acceptors (Lipinski definition) is 6. The highest BCUT2D eigenvalue weighted by Crippen LogP contribution is 2.32. The molecule has 3 heterocycles. The van der Waals surface area contributed by atoms with Gasteiger partial charge in [0, 0.05) is 49.3 Å². The maximum Gasteiger partial charge on any atom is 0.243 e. The molecule has 1 atom stereocenters. The maximum absolute atomic E-state index is 13.3. The van der Waals surface area contributed by atoms with Crippen molar-refractivity contribution in [3.05, 3.63) is 52.5 Å². The van der Waals surface area contributed by atoms with Gasteiger partial charge in [0.2, 0.25) is 15.9 Å². The van der Waals surface area contributed by atoms with E-state index in [4.69, 9.17) is 28.2 Å². The number of anilines is 1. The summed E-state index contributed by atoms with van der Waals surface area (Å²) < 4.78 is 28.6. The minimum atomic E-state index is -3.66. The number of carbonyl (C=O) groups excluding carboxylic acids is 1. The highest BCUT2D eigenvalue weighted by Gasteiger charge is 2.36. The molecule has 11 heteroatoms. The van der Waals surface area contributed by atoms with Crippen LogP contribution in [-0.2, 0) is 14.8 Å². The molecule has 2 aliphatic rings. The fraction of sp³-hybridized carbons (Fsp3) is 0.391. The van der Waals surface area contributed by atoms with Gasteiger partial charge in [-0.3, -0.25) is 4.79 Å². The summed E-state index contributed by atoms with van der Waals surface area (Å²) in [5.41, 5.74) is 0.923. The summed E-state index contributed by atoms with van der Waals surface area (Å²) in [7, 11) is -3.66. The van der Waals surface area contributed by atoms with Crippen LogP contribution in [0.1, 0.15) is 12.8 Å². The summed E-state index contributed by atoms with van der Waals surface area (Å²) >= 11 is 13.6. The van der Waals surface area contributed by atoms with Crippen molar-refractivity contribution >= 4 is 65.8 Å². The topological polar surface area (TPSA) is 73.8 Å². The highest BCUT2D eigenvalue weighted by atomic mass is 35.5. The number of sulfonamides is 1. The van der Waals surface area contributed by atoms with Crippen LogP contribution < -0.4 is 4.90 Å². The van der Waals surface area contributed by atoms with Gasteiger partial charge >= 0.3 is 0 Å². The second-order valence-electron chi connectivity index (χ2n) is 8.58. The fourth-order valence-corrected chi connectivity index (χ4v) is 7.46. The monoisotopic (exact) mass is 538 g/mol. The molecule has 2 aliphatic heterocycles. The van der Waals surface area contributed by atoms with Crippen molar-refractivity contribution in [3.63, 3.8) is 0 Å². The molecule has 0 radical (unpaired) electrons. The lowest BCUT2D eigenvalue weighted by molar-refractivity contribution is -0.137. The molecule has 0 N–H and O–H groups in total. The Morgan fingerprint density at radius 3 is 2.41 bits per heavy atom. The summed E-state index contributed by atoms with van der Waals surface area (Å²) in [6.45, 7) is 3.20. The Hall–Kier alpha value is -1.91. The molecule has 0 bridgehead atoms. The van der Waals surface area contributed by atoms with Crippen LogP contribution in [-0.4, -0.2) is 67.8 Å². The number of hydrogen-bond donors (Lipinski definition) is 0. The molecule has 2 fully saturated rings. The standard InChI is InChI=1S/C23H24Cl2N4O3S2/c24-17-3-6-19(7-4-17)34(31,32)29-9-1-2-16(15-29)22(30)27-10-12-28(13-11-27)23-26-20-8-5-18(25)14-21(20)33-23/h3-8,14,16H,1-2,9-13,15H2. The normalized spacial score (nSPS) is 20.1. The van der Waals surface area contributed by atoms with Gasteiger partial charge in [-0.25, -0.2) is 13.4 Å². The third-order valence-electron chi connectivity index (χ3n) is 6.39. The van der Waals surface area contributed by atoms with E-state index >= 15 is 0 Å². The molecule has 0 aliphatic carbocycles. The number of piperazine rings is 1. The average molecular weight is 540 g/mol. The minimum absolute atomic E-state index is 0.0340. The zero-order chi connectivity index (χ0) is 23.9. The molecule has 180 valence electrons. The van der Waals surface area contributed by atoms with Gasteiger partial charge in [0.1, 0.15) is 0 Å². The summed E-state index contributed by atoms with van der Waals surface area (Å²) in [5, 5.41) is 2.11. The van der Waals surface area contributed by atoms with Crippen molar-refractivity contribution < 1.29 is 13.2 Å². The second-order valence-corrected chi connectivity index (χ2v) is 12.4. The molecule has 1 aromatic heterocycles. The van der Waals surface area contributed by atoms with E-state index in [-0.39, 0.29) is 23.3 Å². The van der Waals surface area contributed by atoms with Crippen LogP contribution in [0.15, 0.2) is 47.4 Å². The summed E-state index contributed by atoms with van der Waals surface area (Å²) in [5.74, 6) is -0.293. The molecule has 34 heavy (non-hydrogen) atoms. The first-order valence-electron chi connectivity index (χ1n) is 11.2. The van der Waals surface area contributed by atoms with E-state index in [0.717, 1.165) is 15.3 Å². The number of amides is 1. The van der Waals surface area contributed by atoms with Gasteiger partial charge in [-0.15, -0.1) is 0 Å². The van der Waals surface area contributed by atoms with Gasteiger partial charge in [-0.2, -0.15) is 4.31 Å². The smallest absolute Gasteiger partial charge is 0.243 e. The van der Waals surface area contributed by atoms with E-state index in [2.05, 4.69) is 4.90 Å². The van der Waals surface area contributed by atoms with E-state index in [1.807, 2.05) is 23.1 Å². The molecule has 2 aromatic carbocycles. The van der Waals surface area contributed by atoms with Crippen LogP contribution in [0.4, 0.5) is 5.13 Å². The van der Waals surface area contributed by atoms with Crippen LogP contribution in [0.2, 0.25) is 10.0 Å².